The molecule has 0 atom stereocenters. The maximum Gasteiger partial charge on any atom is 0.306 e. The Kier molecular flexibility index (Phi) is 6.35. The number of hydrogen-bond acceptors (Lipinski definition) is 4. The van der Waals surface area contributed by atoms with Gasteiger partial charge in [-0.15, -0.1) is 11.3 Å². The number of benzene rings is 1. The van der Waals surface area contributed by atoms with Crippen LogP contribution in [0.2, 0.25) is 0 Å². The molecule has 0 saturated heterocycles. The molecule has 1 aromatic carbocycles. The van der Waals surface area contributed by atoms with E-state index in [1.54, 1.807) is 11.3 Å². The highest BCUT2D eigenvalue weighted by molar-refractivity contribution is 7.09. The molecule has 0 spiro atoms. The molecule has 1 aromatic heterocycles. The van der Waals surface area contributed by atoms with Crippen molar-refractivity contribution in [3.63, 3.8) is 0 Å². The number of para-hydroxylation sites is 1. The summed E-state index contributed by atoms with van der Waals surface area (Å²) in [6.07, 6.45) is 1.77. The van der Waals surface area contributed by atoms with Crippen molar-refractivity contribution in [2.75, 3.05) is 11.9 Å². The highest BCUT2D eigenvalue weighted by Gasteiger charge is 2.11. The maximum absolute atomic E-state index is 12.0. The zero-order chi connectivity index (χ0) is 16.7. The molecular formula is C18H21NO3S. The smallest absolute Gasteiger partial charge is 0.306 e. The van der Waals surface area contributed by atoms with Crippen molar-refractivity contribution in [3.8, 4) is 0 Å². The summed E-state index contributed by atoms with van der Waals surface area (Å²) in [6.45, 7) is 3.73. The minimum Gasteiger partial charge on any atom is -0.456 e. The van der Waals surface area contributed by atoms with Crippen LogP contribution >= 0.6 is 11.3 Å². The molecule has 4 nitrogen and oxygen atoms in total. The predicted octanol–water partition coefficient (Wildman–Crippen LogP) is 3.73. The Morgan fingerprint density at radius 1 is 1.22 bits per heavy atom. The van der Waals surface area contributed by atoms with E-state index in [1.807, 2.05) is 49.6 Å². The van der Waals surface area contributed by atoms with Crippen molar-refractivity contribution in [1.29, 1.82) is 0 Å². The summed E-state index contributed by atoms with van der Waals surface area (Å²) in [7, 11) is 0. The Morgan fingerprint density at radius 2 is 2.04 bits per heavy atom. The van der Waals surface area contributed by atoms with Gasteiger partial charge in [-0.05, 0) is 42.3 Å². The summed E-state index contributed by atoms with van der Waals surface area (Å²) < 4.78 is 5.04. The Balaban J connectivity index is 1.80. The second-order valence-corrected chi connectivity index (χ2v) is 6.28. The molecule has 0 fully saturated rings. The number of rotatable bonds is 7. The van der Waals surface area contributed by atoms with Crippen LogP contribution in [0.3, 0.4) is 0 Å². The van der Waals surface area contributed by atoms with Crippen LogP contribution in [0.25, 0.3) is 0 Å². The molecule has 1 heterocycles. The largest absolute Gasteiger partial charge is 0.456 e. The summed E-state index contributed by atoms with van der Waals surface area (Å²) in [4.78, 5) is 24.8. The lowest BCUT2D eigenvalue weighted by molar-refractivity contribution is -0.147. The molecule has 5 heteroatoms. The first-order valence-corrected chi connectivity index (χ1v) is 8.54. The van der Waals surface area contributed by atoms with Gasteiger partial charge >= 0.3 is 5.97 Å². The lowest BCUT2D eigenvalue weighted by atomic mass is 10.1. The van der Waals surface area contributed by atoms with Gasteiger partial charge in [0.15, 0.2) is 6.61 Å². The Hall–Kier alpha value is -2.14. The molecule has 0 unspecified atom stereocenters. The van der Waals surface area contributed by atoms with E-state index in [0.717, 1.165) is 28.1 Å². The fourth-order valence-electron chi connectivity index (χ4n) is 2.28. The van der Waals surface area contributed by atoms with Crippen LogP contribution in [0, 0.1) is 6.92 Å². The van der Waals surface area contributed by atoms with Crippen LogP contribution in [-0.2, 0) is 27.2 Å². The van der Waals surface area contributed by atoms with Crippen LogP contribution in [-0.4, -0.2) is 18.5 Å². The monoisotopic (exact) mass is 331 g/mol. The first-order valence-electron chi connectivity index (χ1n) is 7.66. The lowest BCUT2D eigenvalue weighted by Gasteiger charge is -2.13. The summed E-state index contributed by atoms with van der Waals surface area (Å²) in [5.41, 5.74) is 2.89. The molecule has 1 N–H and O–H groups in total. The van der Waals surface area contributed by atoms with E-state index in [4.69, 9.17) is 4.74 Å². The third-order valence-corrected chi connectivity index (χ3v) is 4.46. The minimum atomic E-state index is -0.353. The molecule has 1 amide bonds. The van der Waals surface area contributed by atoms with Crippen molar-refractivity contribution < 1.29 is 14.3 Å². The van der Waals surface area contributed by atoms with Gasteiger partial charge in [-0.25, -0.2) is 0 Å². The average molecular weight is 331 g/mol. The minimum absolute atomic E-state index is 0.249. The second kappa shape index (κ2) is 8.48. The van der Waals surface area contributed by atoms with Crippen LogP contribution < -0.4 is 5.32 Å². The number of aryl methyl sites for hydroxylation is 3. The van der Waals surface area contributed by atoms with E-state index in [9.17, 15) is 9.59 Å². The quantitative estimate of drug-likeness (QED) is 0.787. The molecule has 23 heavy (non-hydrogen) atoms. The predicted molar refractivity (Wildman–Crippen MR) is 92.8 cm³/mol. The standard InChI is InChI=1S/C18H21NO3S/c1-3-14-7-4-6-13(2)18(14)19-16(20)12-22-17(21)10-9-15-8-5-11-23-15/h4-8,11H,3,9-10,12H2,1-2H3,(H,19,20). The molecule has 0 radical (unpaired) electrons. The first-order chi connectivity index (χ1) is 11.1. The number of thiophene rings is 1. The normalized spacial score (nSPS) is 10.3. The van der Waals surface area contributed by atoms with Crippen LogP contribution in [0.5, 0.6) is 0 Å². The molecule has 0 bridgehead atoms. The third-order valence-electron chi connectivity index (χ3n) is 3.52. The van der Waals surface area contributed by atoms with Crippen molar-refractivity contribution in [2.24, 2.45) is 0 Å². The SMILES string of the molecule is CCc1cccc(C)c1NC(=O)COC(=O)CCc1cccs1. The van der Waals surface area contributed by atoms with Crippen molar-refractivity contribution in [2.45, 2.75) is 33.1 Å². The second-order valence-electron chi connectivity index (χ2n) is 5.25. The number of carbonyl (C=O) groups is 2. The number of hydrogen-bond donors (Lipinski definition) is 1. The van der Waals surface area contributed by atoms with Crippen molar-refractivity contribution >= 4 is 28.9 Å². The maximum atomic E-state index is 12.0. The van der Waals surface area contributed by atoms with E-state index in [0.29, 0.717) is 12.8 Å². The molecular weight excluding hydrogens is 310 g/mol. The van der Waals surface area contributed by atoms with Gasteiger partial charge in [0.2, 0.25) is 0 Å². The zero-order valence-electron chi connectivity index (χ0n) is 13.4. The number of amides is 1. The van der Waals surface area contributed by atoms with Crippen LogP contribution in [0.1, 0.15) is 29.3 Å². The number of esters is 1. The Morgan fingerprint density at radius 3 is 2.74 bits per heavy atom. The van der Waals surface area contributed by atoms with E-state index in [-0.39, 0.29) is 18.5 Å². The van der Waals surface area contributed by atoms with Gasteiger partial charge < -0.3 is 10.1 Å². The number of carbonyl (C=O) groups excluding carboxylic acids is 2. The van der Waals surface area contributed by atoms with Gasteiger partial charge in [-0.2, -0.15) is 0 Å². The summed E-state index contributed by atoms with van der Waals surface area (Å²) in [6, 6.07) is 9.83. The lowest BCUT2D eigenvalue weighted by Crippen LogP contribution is -2.22. The number of anilines is 1. The van der Waals surface area contributed by atoms with Gasteiger partial charge in [0.25, 0.3) is 5.91 Å². The average Bonchev–Trinajstić information content (AvgIpc) is 3.06. The first kappa shape index (κ1) is 17.2. The highest BCUT2D eigenvalue weighted by atomic mass is 32.1. The number of ether oxygens (including phenoxy) is 1. The van der Waals surface area contributed by atoms with Crippen LogP contribution in [0.15, 0.2) is 35.7 Å². The molecule has 2 rings (SSSR count). The van der Waals surface area contributed by atoms with E-state index in [1.165, 1.54) is 0 Å². The molecule has 0 aliphatic carbocycles. The fraction of sp³-hybridized carbons (Fsp3) is 0.333. The van der Waals surface area contributed by atoms with Crippen LogP contribution in [0.4, 0.5) is 5.69 Å². The topological polar surface area (TPSA) is 55.4 Å². The number of nitrogens with one attached hydrogen (secondary N) is 1. The van der Waals surface area contributed by atoms with E-state index in [2.05, 4.69) is 5.32 Å². The molecule has 2 aromatic rings. The molecule has 0 saturated carbocycles. The van der Waals surface area contributed by atoms with Crippen molar-refractivity contribution in [1.82, 2.24) is 0 Å². The highest BCUT2D eigenvalue weighted by Crippen LogP contribution is 2.20. The molecule has 0 aliphatic rings. The Bertz CT molecular complexity index is 665. The zero-order valence-corrected chi connectivity index (χ0v) is 14.2. The van der Waals surface area contributed by atoms with Gasteiger partial charge in [0.05, 0.1) is 6.42 Å². The van der Waals surface area contributed by atoms with Gasteiger partial charge in [-0.3, -0.25) is 9.59 Å². The molecule has 122 valence electrons. The Labute approximate surface area is 140 Å². The van der Waals surface area contributed by atoms with Crippen molar-refractivity contribution in [3.05, 3.63) is 51.7 Å². The van der Waals surface area contributed by atoms with E-state index >= 15 is 0 Å². The summed E-state index contributed by atoms with van der Waals surface area (Å²) in [5.74, 6) is -0.660. The molecule has 0 aliphatic heterocycles. The van der Waals surface area contributed by atoms with Gasteiger partial charge in [-0.1, -0.05) is 31.2 Å². The van der Waals surface area contributed by atoms with E-state index < -0.39 is 0 Å². The third kappa shape index (κ3) is 5.21. The fourth-order valence-corrected chi connectivity index (χ4v) is 2.98. The summed E-state index contributed by atoms with van der Waals surface area (Å²) >= 11 is 1.61. The van der Waals surface area contributed by atoms with Gasteiger partial charge in [0.1, 0.15) is 0 Å². The summed E-state index contributed by atoms with van der Waals surface area (Å²) in [5, 5.41) is 4.81. The van der Waals surface area contributed by atoms with Gasteiger partial charge in [0, 0.05) is 10.6 Å².